The first-order valence-corrected chi connectivity index (χ1v) is 7.42. The molecule has 2 rings (SSSR count). The molecule has 0 heterocycles. The summed E-state index contributed by atoms with van der Waals surface area (Å²) in [4.78, 5) is 23.0. The Morgan fingerprint density at radius 3 is 2.14 bits per heavy atom. The van der Waals surface area contributed by atoms with Gasteiger partial charge in [0.1, 0.15) is 17.2 Å². The molecule has 4 nitrogen and oxygen atoms in total. The number of benzene rings is 1. The number of halogens is 3. The Balaban J connectivity index is 2.02. The molecule has 0 unspecified atom stereocenters. The summed E-state index contributed by atoms with van der Waals surface area (Å²) < 4.78 is 27.6. The van der Waals surface area contributed by atoms with Gasteiger partial charge in [-0.15, -0.1) is 0 Å². The van der Waals surface area contributed by atoms with Crippen LogP contribution in [0.2, 0.25) is 0 Å². The molecule has 7 heteroatoms. The van der Waals surface area contributed by atoms with E-state index in [4.69, 9.17) is 5.73 Å². The van der Waals surface area contributed by atoms with E-state index in [1.807, 2.05) is 0 Å². The van der Waals surface area contributed by atoms with E-state index in [9.17, 15) is 18.4 Å². The molecule has 0 aliphatic heterocycles. The summed E-state index contributed by atoms with van der Waals surface area (Å²) in [5.74, 6) is -3.13. The van der Waals surface area contributed by atoms with Crippen molar-refractivity contribution in [3.63, 3.8) is 0 Å². The summed E-state index contributed by atoms with van der Waals surface area (Å²) in [5, 5.41) is 2.61. The Kier molecular flexibility index (Phi) is 4.92. The van der Waals surface area contributed by atoms with E-state index in [1.54, 1.807) is 0 Å². The fourth-order valence-electron chi connectivity index (χ4n) is 2.54. The molecular formula is C14H15BrF2N2O2. The van der Waals surface area contributed by atoms with Gasteiger partial charge in [-0.2, -0.15) is 0 Å². The van der Waals surface area contributed by atoms with Gasteiger partial charge in [0, 0.05) is 16.4 Å². The molecule has 3 N–H and O–H groups in total. The van der Waals surface area contributed by atoms with E-state index in [1.165, 1.54) is 0 Å². The largest absolute Gasteiger partial charge is 0.369 e. The summed E-state index contributed by atoms with van der Waals surface area (Å²) in [7, 11) is 0. The van der Waals surface area contributed by atoms with Gasteiger partial charge in [0.25, 0.3) is 5.91 Å². The molecule has 0 aromatic heterocycles. The quantitative estimate of drug-likeness (QED) is 0.868. The topological polar surface area (TPSA) is 72.2 Å². The van der Waals surface area contributed by atoms with E-state index in [-0.39, 0.29) is 22.3 Å². The molecule has 0 saturated heterocycles. The van der Waals surface area contributed by atoms with Gasteiger partial charge in [0.2, 0.25) is 5.91 Å². The summed E-state index contributed by atoms with van der Waals surface area (Å²) in [5.41, 5.74) is 4.64. The SMILES string of the molecule is NC(=O)C1CCC(NC(=O)c2c(F)cc(Br)cc2F)CC1. The van der Waals surface area contributed by atoms with Crippen LogP contribution in [-0.2, 0) is 4.79 Å². The summed E-state index contributed by atoms with van der Waals surface area (Å²) in [6.07, 6.45) is 2.29. The average Bonchev–Trinajstić information content (AvgIpc) is 2.37. The van der Waals surface area contributed by atoms with Crippen LogP contribution in [0.5, 0.6) is 0 Å². The van der Waals surface area contributed by atoms with E-state index in [0.29, 0.717) is 25.7 Å². The molecule has 0 spiro atoms. The lowest BCUT2D eigenvalue weighted by Gasteiger charge is -2.27. The van der Waals surface area contributed by atoms with Crippen molar-refractivity contribution < 1.29 is 18.4 Å². The first-order chi connectivity index (χ1) is 9.88. The van der Waals surface area contributed by atoms with Crippen molar-refractivity contribution in [2.45, 2.75) is 31.7 Å². The van der Waals surface area contributed by atoms with Crippen LogP contribution in [0.1, 0.15) is 36.0 Å². The molecule has 0 radical (unpaired) electrons. The Morgan fingerprint density at radius 2 is 1.67 bits per heavy atom. The summed E-state index contributed by atoms with van der Waals surface area (Å²) in [6, 6.07) is 1.89. The second kappa shape index (κ2) is 6.51. The normalized spacial score (nSPS) is 21.9. The number of carbonyl (C=O) groups is 2. The number of amides is 2. The highest BCUT2D eigenvalue weighted by Crippen LogP contribution is 2.25. The molecule has 0 bridgehead atoms. The number of nitrogens with one attached hydrogen (secondary N) is 1. The van der Waals surface area contributed by atoms with Gasteiger partial charge in [0.15, 0.2) is 0 Å². The minimum Gasteiger partial charge on any atom is -0.369 e. The maximum absolute atomic E-state index is 13.7. The van der Waals surface area contributed by atoms with Gasteiger partial charge in [-0.3, -0.25) is 9.59 Å². The van der Waals surface area contributed by atoms with Crippen molar-refractivity contribution in [3.8, 4) is 0 Å². The highest BCUT2D eigenvalue weighted by Gasteiger charge is 2.27. The first kappa shape index (κ1) is 15.9. The lowest BCUT2D eigenvalue weighted by molar-refractivity contribution is -0.122. The fraction of sp³-hybridized carbons (Fsp3) is 0.429. The van der Waals surface area contributed by atoms with Crippen LogP contribution >= 0.6 is 15.9 Å². The molecule has 114 valence electrons. The molecule has 1 fully saturated rings. The van der Waals surface area contributed by atoms with Crippen LogP contribution in [0.15, 0.2) is 16.6 Å². The van der Waals surface area contributed by atoms with Crippen LogP contribution in [0.4, 0.5) is 8.78 Å². The van der Waals surface area contributed by atoms with Gasteiger partial charge < -0.3 is 11.1 Å². The zero-order chi connectivity index (χ0) is 15.6. The third kappa shape index (κ3) is 3.78. The van der Waals surface area contributed by atoms with Crippen molar-refractivity contribution in [2.75, 3.05) is 0 Å². The van der Waals surface area contributed by atoms with E-state index < -0.39 is 23.1 Å². The van der Waals surface area contributed by atoms with Crippen molar-refractivity contribution in [3.05, 3.63) is 33.8 Å². The Morgan fingerprint density at radius 1 is 1.14 bits per heavy atom. The molecule has 2 amide bonds. The summed E-state index contributed by atoms with van der Waals surface area (Å²) in [6.45, 7) is 0. The van der Waals surface area contributed by atoms with Gasteiger partial charge >= 0.3 is 0 Å². The number of rotatable bonds is 3. The molecular weight excluding hydrogens is 346 g/mol. The van der Waals surface area contributed by atoms with E-state index in [0.717, 1.165) is 12.1 Å². The number of carbonyl (C=O) groups excluding carboxylic acids is 2. The monoisotopic (exact) mass is 360 g/mol. The molecule has 1 aromatic carbocycles. The Labute approximate surface area is 129 Å². The van der Waals surface area contributed by atoms with Crippen LogP contribution < -0.4 is 11.1 Å². The highest BCUT2D eigenvalue weighted by molar-refractivity contribution is 9.10. The molecule has 1 aliphatic carbocycles. The van der Waals surface area contributed by atoms with Crippen LogP contribution in [0, 0.1) is 17.6 Å². The first-order valence-electron chi connectivity index (χ1n) is 6.63. The third-order valence-electron chi connectivity index (χ3n) is 3.70. The minimum atomic E-state index is -0.912. The number of nitrogens with two attached hydrogens (primary N) is 1. The standard InChI is InChI=1S/C14H15BrF2N2O2/c15-8-5-10(16)12(11(17)6-8)14(21)19-9-3-1-7(2-4-9)13(18)20/h5-7,9H,1-4H2,(H2,18,20)(H,19,21). The lowest BCUT2D eigenvalue weighted by atomic mass is 9.85. The van der Waals surface area contributed by atoms with Crippen molar-refractivity contribution in [1.82, 2.24) is 5.32 Å². The number of primary amides is 1. The average molecular weight is 361 g/mol. The van der Waals surface area contributed by atoms with Crippen molar-refractivity contribution in [2.24, 2.45) is 11.7 Å². The summed E-state index contributed by atoms with van der Waals surface area (Å²) >= 11 is 2.96. The van der Waals surface area contributed by atoms with E-state index in [2.05, 4.69) is 21.2 Å². The van der Waals surface area contributed by atoms with Crippen LogP contribution in [-0.4, -0.2) is 17.9 Å². The van der Waals surface area contributed by atoms with Crippen LogP contribution in [0.3, 0.4) is 0 Å². The minimum absolute atomic E-state index is 0.181. The molecule has 0 atom stereocenters. The van der Waals surface area contributed by atoms with Gasteiger partial charge in [0.05, 0.1) is 0 Å². The number of hydrogen-bond donors (Lipinski definition) is 2. The van der Waals surface area contributed by atoms with Gasteiger partial charge in [-0.25, -0.2) is 8.78 Å². The molecule has 1 saturated carbocycles. The highest BCUT2D eigenvalue weighted by atomic mass is 79.9. The second-order valence-corrected chi connectivity index (χ2v) is 6.08. The molecule has 1 aliphatic rings. The molecule has 1 aromatic rings. The zero-order valence-electron chi connectivity index (χ0n) is 11.2. The maximum atomic E-state index is 13.7. The van der Waals surface area contributed by atoms with Crippen molar-refractivity contribution in [1.29, 1.82) is 0 Å². The Bertz CT molecular complexity index is 549. The molecule has 21 heavy (non-hydrogen) atoms. The Hall–Kier alpha value is -1.50. The predicted molar refractivity (Wildman–Crippen MR) is 76.5 cm³/mol. The maximum Gasteiger partial charge on any atom is 0.257 e. The predicted octanol–water partition coefficient (Wildman–Crippen LogP) is 2.50. The second-order valence-electron chi connectivity index (χ2n) is 5.17. The van der Waals surface area contributed by atoms with E-state index >= 15 is 0 Å². The van der Waals surface area contributed by atoms with Gasteiger partial charge in [-0.05, 0) is 37.8 Å². The van der Waals surface area contributed by atoms with Gasteiger partial charge in [-0.1, -0.05) is 15.9 Å². The van der Waals surface area contributed by atoms with Crippen LogP contribution in [0.25, 0.3) is 0 Å². The zero-order valence-corrected chi connectivity index (χ0v) is 12.8. The van der Waals surface area contributed by atoms with Crippen molar-refractivity contribution >= 4 is 27.7 Å². The lowest BCUT2D eigenvalue weighted by Crippen LogP contribution is -2.40. The smallest absolute Gasteiger partial charge is 0.257 e. The number of hydrogen-bond acceptors (Lipinski definition) is 2. The fourth-order valence-corrected chi connectivity index (χ4v) is 2.94. The third-order valence-corrected chi connectivity index (χ3v) is 4.16.